The zero-order valence-electron chi connectivity index (χ0n) is 15.0. The minimum Gasteiger partial charge on any atom is -0.495 e. The van der Waals surface area contributed by atoms with E-state index >= 15 is 0 Å². The Balaban J connectivity index is 1.58. The van der Waals surface area contributed by atoms with Gasteiger partial charge in [0.15, 0.2) is 0 Å². The Hall–Kier alpha value is -2.60. The number of ether oxygens (including phenoxy) is 1. The Bertz CT molecular complexity index is 794. The van der Waals surface area contributed by atoms with Crippen LogP contribution in [0.5, 0.6) is 5.75 Å². The van der Waals surface area contributed by atoms with E-state index in [1.54, 1.807) is 7.11 Å². The number of hydrogen-bond acceptors (Lipinski definition) is 4. The third-order valence-corrected chi connectivity index (χ3v) is 4.37. The highest BCUT2D eigenvalue weighted by molar-refractivity contribution is 5.93. The predicted octanol–water partition coefficient (Wildman–Crippen LogP) is 2.46. The highest BCUT2D eigenvalue weighted by Gasteiger charge is 2.17. The van der Waals surface area contributed by atoms with Crippen LogP contribution in [-0.2, 0) is 11.8 Å². The lowest BCUT2D eigenvalue weighted by Crippen LogP contribution is -2.36. The van der Waals surface area contributed by atoms with Crippen molar-refractivity contribution in [2.45, 2.75) is 13.3 Å². The van der Waals surface area contributed by atoms with Crippen LogP contribution in [0.25, 0.3) is 5.57 Å². The first-order chi connectivity index (χ1) is 12.0. The number of amides is 1. The summed E-state index contributed by atoms with van der Waals surface area (Å²) in [6.45, 7) is 3.99. The van der Waals surface area contributed by atoms with E-state index in [9.17, 15) is 4.79 Å². The van der Waals surface area contributed by atoms with Gasteiger partial charge in [-0.25, -0.2) is 0 Å². The normalized spacial score (nSPS) is 14.9. The molecule has 25 heavy (non-hydrogen) atoms. The van der Waals surface area contributed by atoms with Crippen LogP contribution in [0.1, 0.15) is 17.5 Å². The van der Waals surface area contributed by atoms with E-state index < -0.39 is 0 Å². The molecule has 2 aromatic rings. The fraction of sp³-hybridized carbons (Fsp3) is 0.368. The molecular weight excluding hydrogens is 316 g/mol. The number of benzene rings is 1. The van der Waals surface area contributed by atoms with Gasteiger partial charge in [0.05, 0.1) is 25.5 Å². The molecule has 132 valence electrons. The van der Waals surface area contributed by atoms with Crippen LogP contribution < -0.4 is 10.1 Å². The highest BCUT2D eigenvalue weighted by Crippen LogP contribution is 2.25. The van der Waals surface area contributed by atoms with Gasteiger partial charge in [0, 0.05) is 31.9 Å². The third-order valence-electron chi connectivity index (χ3n) is 4.37. The van der Waals surface area contributed by atoms with Crippen molar-refractivity contribution in [3.8, 4) is 5.75 Å². The number of nitrogens with zero attached hydrogens (tertiary/aromatic N) is 3. The summed E-state index contributed by atoms with van der Waals surface area (Å²) in [7, 11) is 3.53. The van der Waals surface area contributed by atoms with Gasteiger partial charge in [-0.05, 0) is 36.6 Å². The van der Waals surface area contributed by atoms with Crippen molar-refractivity contribution in [1.29, 1.82) is 0 Å². The lowest BCUT2D eigenvalue weighted by molar-refractivity contribution is -0.117. The van der Waals surface area contributed by atoms with Gasteiger partial charge >= 0.3 is 0 Å². The number of carbonyl (C=O) groups excluding carboxylic acids is 1. The molecule has 0 unspecified atom stereocenters. The minimum absolute atomic E-state index is 0.0258. The summed E-state index contributed by atoms with van der Waals surface area (Å²) in [4.78, 5) is 14.5. The number of rotatable bonds is 5. The van der Waals surface area contributed by atoms with Crippen LogP contribution in [0.4, 0.5) is 5.69 Å². The Morgan fingerprint density at radius 2 is 2.24 bits per heavy atom. The average Bonchev–Trinajstić information content (AvgIpc) is 3.02. The smallest absolute Gasteiger partial charge is 0.238 e. The second-order valence-electron chi connectivity index (χ2n) is 6.37. The quantitative estimate of drug-likeness (QED) is 0.908. The maximum absolute atomic E-state index is 12.4. The van der Waals surface area contributed by atoms with Gasteiger partial charge in [-0.1, -0.05) is 12.1 Å². The third kappa shape index (κ3) is 4.28. The monoisotopic (exact) mass is 340 g/mol. The van der Waals surface area contributed by atoms with Crippen molar-refractivity contribution in [1.82, 2.24) is 14.7 Å². The molecule has 2 heterocycles. The van der Waals surface area contributed by atoms with Crippen molar-refractivity contribution in [2.75, 3.05) is 32.1 Å². The van der Waals surface area contributed by atoms with Crippen LogP contribution in [0, 0.1) is 6.92 Å². The van der Waals surface area contributed by atoms with E-state index in [2.05, 4.69) is 21.4 Å². The summed E-state index contributed by atoms with van der Waals surface area (Å²) in [5, 5.41) is 7.17. The SMILES string of the molecule is COc1ccc(C)cc1NC(=O)CN1CC=C(c2cnn(C)c2)CC1. The fourth-order valence-corrected chi connectivity index (χ4v) is 3.02. The van der Waals surface area contributed by atoms with Gasteiger partial charge in [-0.3, -0.25) is 14.4 Å². The Labute approximate surface area is 148 Å². The molecule has 0 saturated heterocycles. The van der Waals surface area contributed by atoms with E-state index in [1.807, 2.05) is 49.2 Å². The number of aromatic nitrogens is 2. The zero-order chi connectivity index (χ0) is 17.8. The first-order valence-corrected chi connectivity index (χ1v) is 8.40. The number of aryl methyl sites for hydroxylation is 2. The molecule has 1 N–H and O–H groups in total. The highest BCUT2D eigenvalue weighted by atomic mass is 16.5. The van der Waals surface area contributed by atoms with Gasteiger partial charge in [-0.15, -0.1) is 0 Å². The summed E-state index contributed by atoms with van der Waals surface area (Å²) in [6.07, 6.45) is 7.02. The molecule has 0 aliphatic carbocycles. The van der Waals surface area contributed by atoms with E-state index in [1.165, 1.54) is 5.57 Å². The molecule has 0 bridgehead atoms. The molecular formula is C19H24N4O2. The largest absolute Gasteiger partial charge is 0.495 e. The molecule has 6 nitrogen and oxygen atoms in total. The van der Waals surface area contributed by atoms with Crippen molar-refractivity contribution in [3.05, 3.63) is 47.8 Å². The van der Waals surface area contributed by atoms with Gasteiger partial charge < -0.3 is 10.1 Å². The molecule has 1 aromatic carbocycles. The molecule has 1 aliphatic rings. The first kappa shape index (κ1) is 17.2. The Morgan fingerprint density at radius 1 is 1.40 bits per heavy atom. The molecule has 0 atom stereocenters. The molecule has 0 spiro atoms. The van der Waals surface area contributed by atoms with Crippen molar-refractivity contribution in [3.63, 3.8) is 0 Å². The first-order valence-electron chi connectivity index (χ1n) is 8.40. The topological polar surface area (TPSA) is 59.4 Å². The van der Waals surface area contributed by atoms with E-state index in [0.29, 0.717) is 12.3 Å². The van der Waals surface area contributed by atoms with Crippen LogP contribution >= 0.6 is 0 Å². The minimum atomic E-state index is -0.0258. The lowest BCUT2D eigenvalue weighted by Gasteiger charge is -2.25. The molecule has 0 radical (unpaired) electrons. The van der Waals surface area contributed by atoms with E-state index in [0.717, 1.165) is 36.3 Å². The number of methoxy groups -OCH3 is 1. The summed E-state index contributed by atoms with van der Waals surface area (Å²) in [5.41, 5.74) is 4.26. The standard InChI is InChI=1S/C19H24N4O2/c1-14-4-5-18(25-3)17(10-14)21-19(24)13-23-8-6-15(7-9-23)16-11-20-22(2)12-16/h4-6,10-12H,7-9,13H2,1-3H3,(H,21,24). The maximum Gasteiger partial charge on any atom is 0.238 e. The fourth-order valence-electron chi connectivity index (χ4n) is 3.02. The number of nitrogens with one attached hydrogen (secondary N) is 1. The van der Waals surface area contributed by atoms with Gasteiger partial charge in [0.2, 0.25) is 5.91 Å². The van der Waals surface area contributed by atoms with Crippen LogP contribution in [0.15, 0.2) is 36.7 Å². The molecule has 1 aliphatic heterocycles. The molecule has 3 rings (SSSR count). The zero-order valence-corrected chi connectivity index (χ0v) is 15.0. The maximum atomic E-state index is 12.4. The number of hydrogen-bond donors (Lipinski definition) is 1. The second kappa shape index (κ2) is 7.53. The molecule has 1 aromatic heterocycles. The van der Waals surface area contributed by atoms with Crippen molar-refractivity contribution < 1.29 is 9.53 Å². The summed E-state index contributed by atoms with van der Waals surface area (Å²) in [6, 6.07) is 5.76. The van der Waals surface area contributed by atoms with E-state index in [-0.39, 0.29) is 5.91 Å². The summed E-state index contributed by atoms with van der Waals surface area (Å²) >= 11 is 0. The molecule has 0 saturated carbocycles. The second-order valence-corrected chi connectivity index (χ2v) is 6.37. The Morgan fingerprint density at radius 3 is 2.88 bits per heavy atom. The number of carbonyl (C=O) groups is 1. The van der Waals surface area contributed by atoms with Gasteiger partial charge in [0.1, 0.15) is 5.75 Å². The molecule has 6 heteroatoms. The van der Waals surface area contributed by atoms with Crippen LogP contribution in [0.3, 0.4) is 0 Å². The van der Waals surface area contributed by atoms with Crippen molar-refractivity contribution >= 4 is 17.2 Å². The average molecular weight is 340 g/mol. The van der Waals surface area contributed by atoms with Crippen LogP contribution in [-0.4, -0.2) is 47.3 Å². The Kier molecular flexibility index (Phi) is 5.19. The molecule has 0 fully saturated rings. The number of anilines is 1. The van der Waals surface area contributed by atoms with E-state index in [4.69, 9.17) is 4.74 Å². The van der Waals surface area contributed by atoms with Gasteiger partial charge in [-0.2, -0.15) is 5.10 Å². The summed E-state index contributed by atoms with van der Waals surface area (Å²) in [5.74, 6) is 0.651. The van der Waals surface area contributed by atoms with Crippen LogP contribution in [0.2, 0.25) is 0 Å². The summed E-state index contributed by atoms with van der Waals surface area (Å²) < 4.78 is 7.12. The van der Waals surface area contributed by atoms with Crippen molar-refractivity contribution in [2.24, 2.45) is 7.05 Å². The predicted molar refractivity (Wildman–Crippen MR) is 98.6 cm³/mol. The van der Waals surface area contributed by atoms with Gasteiger partial charge in [0.25, 0.3) is 0 Å². The molecule has 1 amide bonds. The lowest BCUT2D eigenvalue weighted by atomic mass is 10.0.